The zero-order valence-electron chi connectivity index (χ0n) is 7.68. The molecule has 0 atom stereocenters. The number of pyridine rings is 1. The van der Waals surface area contributed by atoms with Gasteiger partial charge < -0.3 is 5.11 Å². The number of carboxylic acids is 1. The third kappa shape index (κ3) is 1.99. The molecule has 2 rings (SSSR count). The van der Waals surface area contributed by atoms with Crippen LogP contribution in [0, 0.1) is 5.92 Å². The highest BCUT2D eigenvalue weighted by Crippen LogP contribution is 2.41. The molecule has 0 aliphatic heterocycles. The van der Waals surface area contributed by atoms with Gasteiger partial charge in [-0.15, -0.1) is 0 Å². The first-order chi connectivity index (χ1) is 6.77. The van der Waals surface area contributed by atoms with Gasteiger partial charge in [-0.3, -0.25) is 4.98 Å². The second-order valence-corrected chi connectivity index (χ2v) is 3.45. The number of hydrogen-bond acceptors (Lipinski definition) is 2. The summed E-state index contributed by atoms with van der Waals surface area (Å²) in [6.45, 7) is 0. The fraction of sp³-hybridized carbons (Fsp3) is 0.273. The first-order valence-electron chi connectivity index (χ1n) is 4.62. The number of allylic oxidation sites excluding steroid dienone is 1. The smallest absolute Gasteiger partial charge is 0.328 e. The van der Waals surface area contributed by atoms with E-state index in [1.165, 1.54) is 6.08 Å². The van der Waals surface area contributed by atoms with E-state index in [1.807, 2.05) is 12.1 Å². The van der Waals surface area contributed by atoms with Crippen molar-refractivity contribution in [1.82, 2.24) is 4.98 Å². The summed E-state index contributed by atoms with van der Waals surface area (Å²) in [5.41, 5.74) is 1.91. The Balaban J connectivity index is 2.32. The maximum Gasteiger partial charge on any atom is 0.328 e. The molecule has 3 nitrogen and oxygen atoms in total. The average Bonchev–Trinajstić information content (AvgIpc) is 2.99. The van der Waals surface area contributed by atoms with Crippen LogP contribution in [0.15, 0.2) is 30.6 Å². The molecular formula is C11H11NO2. The number of nitrogens with zero attached hydrogens (tertiary/aromatic N) is 1. The summed E-state index contributed by atoms with van der Waals surface area (Å²) in [6.07, 6.45) is 6.89. The summed E-state index contributed by atoms with van der Waals surface area (Å²) in [7, 11) is 0. The Hall–Kier alpha value is -1.64. The Labute approximate surface area is 82.1 Å². The van der Waals surface area contributed by atoms with Gasteiger partial charge in [-0.2, -0.15) is 0 Å². The van der Waals surface area contributed by atoms with Crippen LogP contribution in [0.5, 0.6) is 0 Å². The minimum absolute atomic E-state index is 0.438. The quantitative estimate of drug-likeness (QED) is 0.739. The molecule has 1 saturated carbocycles. The Morgan fingerprint density at radius 1 is 1.43 bits per heavy atom. The molecule has 1 aromatic heterocycles. The third-order valence-corrected chi connectivity index (χ3v) is 2.31. The second kappa shape index (κ2) is 3.62. The van der Waals surface area contributed by atoms with Crippen molar-refractivity contribution >= 4 is 11.5 Å². The zero-order chi connectivity index (χ0) is 9.97. The largest absolute Gasteiger partial charge is 0.478 e. The van der Waals surface area contributed by atoms with Crippen LogP contribution in [0.2, 0.25) is 0 Å². The van der Waals surface area contributed by atoms with Crippen LogP contribution in [0.3, 0.4) is 0 Å². The van der Waals surface area contributed by atoms with Gasteiger partial charge in [0.15, 0.2) is 0 Å². The molecule has 0 bridgehead atoms. The second-order valence-electron chi connectivity index (χ2n) is 3.45. The van der Waals surface area contributed by atoms with Crippen molar-refractivity contribution in [3.63, 3.8) is 0 Å². The lowest BCUT2D eigenvalue weighted by Crippen LogP contribution is -1.94. The maximum atomic E-state index is 10.6. The van der Waals surface area contributed by atoms with Crippen molar-refractivity contribution in [1.29, 1.82) is 0 Å². The van der Waals surface area contributed by atoms with E-state index in [2.05, 4.69) is 4.98 Å². The Bertz CT molecular complexity index is 366. The maximum absolute atomic E-state index is 10.6. The third-order valence-electron chi connectivity index (χ3n) is 2.31. The molecule has 1 N–H and O–H groups in total. The van der Waals surface area contributed by atoms with Gasteiger partial charge in [0.1, 0.15) is 0 Å². The predicted octanol–water partition coefficient (Wildman–Crippen LogP) is 1.96. The van der Waals surface area contributed by atoms with Crippen molar-refractivity contribution in [2.75, 3.05) is 0 Å². The monoisotopic (exact) mass is 189 g/mol. The number of carboxylic acid groups (broad SMARTS) is 1. The first-order valence-corrected chi connectivity index (χ1v) is 4.62. The lowest BCUT2D eigenvalue weighted by Gasteiger charge is -2.03. The molecular weight excluding hydrogens is 178 g/mol. The van der Waals surface area contributed by atoms with E-state index in [1.54, 1.807) is 12.4 Å². The van der Waals surface area contributed by atoms with E-state index in [9.17, 15) is 4.79 Å². The lowest BCUT2D eigenvalue weighted by atomic mass is 10.0. The Morgan fingerprint density at radius 3 is 2.57 bits per heavy atom. The summed E-state index contributed by atoms with van der Waals surface area (Å²) in [5.74, 6) is -0.433. The number of aliphatic carboxylic acids is 1. The van der Waals surface area contributed by atoms with Crippen LogP contribution in [0.1, 0.15) is 18.4 Å². The molecule has 1 fully saturated rings. The van der Waals surface area contributed by atoms with E-state index >= 15 is 0 Å². The van der Waals surface area contributed by atoms with Gasteiger partial charge in [-0.1, -0.05) is 0 Å². The van der Waals surface area contributed by atoms with Crippen molar-refractivity contribution in [2.45, 2.75) is 12.8 Å². The van der Waals surface area contributed by atoms with Crippen molar-refractivity contribution in [3.8, 4) is 0 Å². The van der Waals surface area contributed by atoms with E-state index < -0.39 is 5.97 Å². The molecule has 0 amide bonds. The summed E-state index contributed by atoms with van der Waals surface area (Å²) >= 11 is 0. The van der Waals surface area contributed by atoms with Gasteiger partial charge in [-0.05, 0) is 42.0 Å². The summed E-state index contributed by atoms with van der Waals surface area (Å²) in [4.78, 5) is 14.5. The highest BCUT2D eigenvalue weighted by atomic mass is 16.4. The predicted molar refractivity (Wildman–Crippen MR) is 52.6 cm³/mol. The molecule has 1 aliphatic rings. The van der Waals surface area contributed by atoms with E-state index in [0.29, 0.717) is 5.92 Å². The van der Waals surface area contributed by atoms with Gasteiger partial charge in [0.2, 0.25) is 0 Å². The highest BCUT2D eigenvalue weighted by Gasteiger charge is 2.27. The van der Waals surface area contributed by atoms with Gasteiger partial charge >= 0.3 is 5.97 Å². The number of hydrogen-bond donors (Lipinski definition) is 1. The number of carbonyl (C=O) groups is 1. The number of aromatic nitrogens is 1. The fourth-order valence-electron chi connectivity index (χ4n) is 1.51. The van der Waals surface area contributed by atoms with Crippen LogP contribution in [0.25, 0.3) is 5.57 Å². The zero-order valence-corrected chi connectivity index (χ0v) is 7.68. The minimum atomic E-state index is -0.872. The summed E-state index contributed by atoms with van der Waals surface area (Å²) in [5, 5.41) is 8.73. The molecule has 1 heterocycles. The molecule has 0 radical (unpaired) electrons. The van der Waals surface area contributed by atoms with Crippen LogP contribution >= 0.6 is 0 Å². The van der Waals surface area contributed by atoms with Crippen LogP contribution < -0.4 is 0 Å². The van der Waals surface area contributed by atoms with Crippen LogP contribution in [-0.2, 0) is 4.79 Å². The van der Waals surface area contributed by atoms with E-state index in [0.717, 1.165) is 24.0 Å². The summed E-state index contributed by atoms with van der Waals surface area (Å²) in [6, 6.07) is 3.71. The molecule has 1 aromatic rings. The number of rotatable bonds is 3. The molecule has 1 aliphatic carbocycles. The molecule has 0 spiro atoms. The first kappa shape index (κ1) is 8.94. The normalized spacial score (nSPS) is 16.7. The summed E-state index contributed by atoms with van der Waals surface area (Å²) < 4.78 is 0. The van der Waals surface area contributed by atoms with E-state index in [4.69, 9.17) is 5.11 Å². The highest BCUT2D eigenvalue weighted by molar-refractivity contribution is 5.91. The van der Waals surface area contributed by atoms with Crippen molar-refractivity contribution in [2.24, 2.45) is 5.92 Å². The van der Waals surface area contributed by atoms with Gasteiger partial charge in [-0.25, -0.2) is 4.79 Å². The molecule has 0 unspecified atom stereocenters. The topological polar surface area (TPSA) is 50.2 Å². The minimum Gasteiger partial charge on any atom is -0.478 e. The van der Waals surface area contributed by atoms with Crippen LogP contribution in [0.4, 0.5) is 0 Å². The average molecular weight is 189 g/mol. The lowest BCUT2D eigenvalue weighted by molar-refractivity contribution is -0.131. The van der Waals surface area contributed by atoms with Crippen molar-refractivity contribution < 1.29 is 9.90 Å². The SMILES string of the molecule is O=C(O)/C=C(\c1ccncc1)C1CC1. The van der Waals surface area contributed by atoms with Gasteiger partial charge in [0, 0.05) is 18.5 Å². The fourth-order valence-corrected chi connectivity index (χ4v) is 1.51. The molecule has 3 heteroatoms. The van der Waals surface area contributed by atoms with E-state index in [-0.39, 0.29) is 0 Å². The molecule has 0 aromatic carbocycles. The standard InChI is InChI=1S/C11H11NO2/c13-11(14)7-10(8-1-2-8)9-3-5-12-6-4-9/h3-8H,1-2H2,(H,13,14)/b10-7-. The Morgan fingerprint density at radius 2 is 2.07 bits per heavy atom. The Kier molecular flexibility index (Phi) is 2.31. The molecule has 72 valence electrons. The van der Waals surface area contributed by atoms with Crippen LogP contribution in [-0.4, -0.2) is 16.1 Å². The molecule has 0 saturated heterocycles. The molecule has 14 heavy (non-hydrogen) atoms. The van der Waals surface area contributed by atoms with Crippen molar-refractivity contribution in [3.05, 3.63) is 36.2 Å². The van der Waals surface area contributed by atoms with Gasteiger partial charge in [0.25, 0.3) is 0 Å². The van der Waals surface area contributed by atoms with Gasteiger partial charge in [0.05, 0.1) is 0 Å².